The van der Waals surface area contributed by atoms with E-state index in [-0.39, 0.29) is 17.3 Å². The number of hydrogen-bond donors (Lipinski definition) is 0. The summed E-state index contributed by atoms with van der Waals surface area (Å²) in [7, 11) is -3.88. The minimum absolute atomic E-state index is 0.0454. The summed E-state index contributed by atoms with van der Waals surface area (Å²) in [5.41, 5.74) is 2.92. The molecule has 1 aromatic heterocycles. The summed E-state index contributed by atoms with van der Waals surface area (Å²) < 4.78 is 28.8. The van der Waals surface area contributed by atoms with Crippen molar-refractivity contribution in [1.29, 1.82) is 0 Å². The Balaban J connectivity index is 1.77. The molecule has 0 saturated heterocycles. The molecule has 8 heteroatoms. The van der Waals surface area contributed by atoms with Crippen LogP contribution < -0.4 is 9.21 Å². The smallest absolute Gasteiger partial charge is 0.264 e. The van der Waals surface area contributed by atoms with Crippen LogP contribution in [0, 0.1) is 0 Å². The number of anilines is 2. The van der Waals surface area contributed by atoms with Gasteiger partial charge in [-0.25, -0.2) is 8.42 Å². The molecule has 2 aromatic carbocycles. The average Bonchev–Trinajstić information content (AvgIpc) is 2.78. The van der Waals surface area contributed by atoms with Crippen LogP contribution in [0.25, 0.3) is 0 Å². The van der Waals surface area contributed by atoms with Crippen LogP contribution in [0.2, 0.25) is 5.02 Å². The second-order valence-corrected chi connectivity index (χ2v) is 9.71. The van der Waals surface area contributed by atoms with Gasteiger partial charge in [-0.1, -0.05) is 17.7 Å². The number of benzene rings is 2. The summed E-state index contributed by atoms with van der Waals surface area (Å²) >= 11 is 6.02. The SMILES string of the molecule is CC(=O)N1CCCc2cc(S(=O)(=O)N(Cc3cccnc3)c3ccc(Cl)cc3)ccc21. The Morgan fingerprint density at radius 3 is 2.61 bits per heavy atom. The fourth-order valence-electron chi connectivity index (χ4n) is 3.77. The molecule has 1 aliphatic rings. The largest absolute Gasteiger partial charge is 0.312 e. The molecule has 4 rings (SSSR count). The Kier molecular flexibility index (Phi) is 5.98. The van der Waals surface area contributed by atoms with E-state index < -0.39 is 10.0 Å². The molecule has 0 fully saturated rings. The average molecular weight is 456 g/mol. The van der Waals surface area contributed by atoms with E-state index in [1.54, 1.807) is 65.8 Å². The van der Waals surface area contributed by atoms with Crippen molar-refractivity contribution in [2.75, 3.05) is 15.7 Å². The molecule has 0 radical (unpaired) electrons. The lowest BCUT2D eigenvalue weighted by Gasteiger charge is -2.30. The summed E-state index contributed by atoms with van der Waals surface area (Å²) in [6.45, 7) is 2.30. The van der Waals surface area contributed by atoms with Crippen LogP contribution in [-0.4, -0.2) is 25.9 Å². The molecule has 1 aliphatic heterocycles. The third kappa shape index (κ3) is 4.43. The molecule has 0 unspecified atom stereocenters. The zero-order valence-corrected chi connectivity index (χ0v) is 18.6. The number of amides is 1. The lowest BCUT2D eigenvalue weighted by molar-refractivity contribution is -0.116. The first-order valence-corrected chi connectivity index (χ1v) is 11.8. The van der Waals surface area contributed by atoms with Crippen molar-refractivity contribution in [3.05, 3.63) is 83.1 Å². The van der Waals surface area contributed by atoms with E-state index >= 15 is 0 Å². The standard InChI is InChI=1S/C23H22ClN3O3S/c1-17(28)26-13-3-5-19-14-22(10-11-23(19)26)31(29,30)27(16-18-4-2-12-25-15-18)21-8-6-20(24)7-9-21/h2,4,6-12,14-15H,3,5,13,16H2,1H3. The Morgan fingerprint density at radius 2 is 1.94 bits per heavy atom. The Hall–Kier alpha value is -2.90. The van der Waals surface area contributed by atoms with Crippen molar-refractivity contribution in [3.8, 4) is 0 Å². The van der Waals surface area contributed by atoms with Gasteiger partial charge >= 0.3 is 0 Å². The topological polar surface area (TPSA) is 70.6 Å². The molecule has 1 amide bonds. The van der Waals surface area contributed by atoms with E-state index in [2.05, 4.69) is 4.98 Å². The molecule has 3 aromatic rings. The third-order valence-electron chi connectivity index (χ3n) is 5.30. The number of aromatic nitrogens is 1. The van der Waals surface area contributed by atoms with Crippen LogP contribution >= 0.6 is 11.6 Å². The first-order valence-electron chi connectivity index (χ1n) is 9.94. The number of rotatable bonds is 5. The summed E-state index contributed by atoms with van der Waals surface area (Å²) in [6, 6.07) is 15.3. The number of nitrogens with zero attached hydrogens (tertiary/aromatic N) is 3. The molecule has 160 valence electrons. The van der Waals surface area contributed by atoms with Crippen LogP contribution in [0.5, 0.6) is 0 Å². The number of aryl methyl sites for hydroxylation is 1. The van der Waals surface area contributed by atoms with Gasteiger partial charge in [0.05, 0.1) is 17.1 Å². The van der Waals surface area contributed by atoms with Crippen LogP contribution in [-0.2, 0) is 27.8 Å². The molecular weight excluding hydrogens is 434 g/mol. The minimum Gasteiger partial charge on any atom is -0.312 e. The molecule has 0 bridgehead atoms. The van der Waals surface area contributed by atoms with E-state index in [1.165, 1.54) is 11.2 Å². The van der Waals surface area contributed by atoms with E-state index in [0.29, 0.717) is 17.3 Å². The molecule has 0 spiro atoms. The van der Waals surface area contributed by atoms with E-state index in [9.17, 15) is 13.2 Å². The van der Waals surface area contributed by atoms with Crippen LogP contribution in [0.1, 0.15) is 24.5 Å². The van der Waals surface area contributed by atoms with Crippen LogP contribution in [0.15, 0.2) is 71.9 Å². The van der Waals surface area contributed by atoms with Gasteiger partial charge in [-0.2, -0.15) is 0 Å². The monoisotopic (exact) mass is 455 g/mol. The second kappa shape index (κ2) is 8.69. The fraction of sp³-hybridized carbons (Fsp3) is 0.217. The molecule has 2 heterocycles. The van der Waals surface area contributed by atoms with Gasteiger partial charge in [0, 0.05) is 36.6 Å². The molecule has 6 nitrogen and oxygen atoms in total. The fourth-order valence-corrected chi connectivity index (χ4v) is 5.40. The van der Waals surface area contributed by atoms with Gasteiger partial charge in [-0.05, 0) is 72.5 Å². The molecular formula is C23H22ClN3O3S. The lowest BCUT2D eigenvalue weighted by Crippen LogP contribution is -2.34. The molecule has 0 aliphatic carbocycles. The van der Waals surface area contributed by atoms with E-state index in [4.69, 9.17) is 11.6 Å². The highest BCUT2D eigenvalue weighted by Gasteiger charge is 2.28. The zero-order valence-electron chi connectivity index (χ0n) is 17.0. The maximum Gasteiger partial charge on any atom is 0.264 e. The van der Waals surface area contributed by atoms with Crippen LogP contribution in [0.4, 0.5) is 11.4 Å². The third-order valence-corrected chi connectivity index (χ3v) is 7.32. The number of sulfonamides is 1. The molecule has 31 heavy (non-hydrogen) atoms. The van der Waals surface area contributed by atoms with Crippen molar-refractivity contribution in [3.63, 3.8) is 0 Å². The van der Waals surface area contributed by atoms with Crippen molar-refractivity contribution in [1.82, 2.24) is 4.98 Å². The first kappa shape index (κ1) is 21.3. The summed E-state index contributed by atoms with van der Waals surface area (Å²) in [4.78, 5) is 17.9. The van der Waals surface area contributed by atoms with E-state index in [1.807, 2.05) is 6.07 Å². The Bertz CT molecular complexity index is 1200. The Labute approximate surface area is 187 Å². The van der Waals surface area contributed by atoms with Gasteiger partial charge in [-0.3, -0.25) is 14.1 Å². The van der Waals surface area contributed by atoms with Gasteiger partial charge in [0.1, 0.15) is 0 Å². The number of pyridine rings is 1. The highest BCUT2D eigenvalue weighted by molar-refractivity contribution is 7.92. The molecule has 0 saturated carbocycles. The van der Waals surface area contributed by atoms with Gasteiger partial charge < -0.3 is 4.90 Å². The predicted molar refractivity (Wildman–Crippen MR) is 122 cm³/mol. The Morgan fingerprint density at radius 1 is 1.16 bits per heavy atom. The summed E-state index contributed by atoms with van der Waals surface area (Å²) in [5.74, 6) is -0.0454. The minimum atomic E-state index is -3.88. The highest BCUT2D eigenvalue weighted by Crippen LogP contribution is 2.32. The van der Waals surface area contributed by atoms with Crippen molar-refractivity contribution < 1.29 is 13.2 Å². The number of carbonyl (C=O) groups is 1. The van der Waals surface area contributed by atoms with Gasteiger partial charge in [0.25, 0.3) is 10.0 Å². The predicted octanol–water partition coefficient (Wildman–Crippen LogP) is 4.43. The normalized spacial score (nSPS) is 13.5. The maximum atomic E-state index is 13.7. The zero-order chi connectivity index (χ0) is 22.0. The quantitative estimate of drug-likeness (QED) is 0.570. The second-order valence-electron chi connectivity index (χ2n) is 7.41. The lowest BCUT2D eigenvalue weighted by atomic mass is 10.0. The number of halogens is 1. The van der Waals surface area contributed by atoms with Crippen molar-refractivity contribution >= 4 is 38.9 Å². The number of hydrogen-bond acceptors (Lipinski definition) is 4. The summed E-state index contributed by atoms with van der Waals surface area (Å²) in [5, 5.41) is 0.528. The van der Waals surface area contributed by atoms with Gasteiger partial charge in [-0.15, -0.1) is 0 Å². The molecule has 0 atom stereocenters. The van der Waals surface area contributed by atoms with Crippen molar-refractivity contribution in [2.45, 2.75) is 31.2 Å². The van der Waals surface area contributed by atoms with Gasteiger partial charge in [0.2, 0.25) is 5.91 Å². The maximum absolute atomic E-state index is 13.7. The highest BCUT2D eigenvalue weighted by atomic mass is 35.5. The summed E-state index contributed by atoms with van der Waals surface area (Å²) in [6.07, 6.45) is 4.82. The first-order chi connectivity index (χ1) is 14.9. The van der Waals surface area contributed by atoms with Gasteiger partial charge in [0.15, 0.2) is 0 Å². The van der Waals surface area contributed by atoms with E-state index in [0.717, 1.165) is 29.7 Å². The number of carbonyl (C=O) groups excluding carboxylic acids is 1. The van der Waals surface area contributed by atoms with Crippen molar-refractivity contribution in [2.24, 2.45) is 0 Å². The number of fused-ring (bicyclic) bond motifs is 1. The van der Waals surface area contributed by atoms with Crippen LogP contribution in [0.3, 0.4) is 0 Å². The molecule has 0 N–H and O–H groups in total.